The SMILES string of the molecule is Cc1nn(Cc2ccccc2Cl)c(Cl)c1CNCC1(O)CCOCC1. The van der Waals surface area contributed by atoms with Gasteiger partial charge in [0.2, 0.25) is 0 Å². The van der Waals surface area contributed by atoms with E-state index < -0.39 is 5.60 Å². The predicted octanol–water partition coefficient (Wildman–Crippen LogP) is 3.18. The fraction of sp³-hybridized carbons (Fsp3) is 0.500. The normalized spacial score (nSPS) is 17.0. The molecule has 0 spiro atoms. The van der Waals surface area contributed by atoms with E-state index in [9.17, 15) is 5.11 Å². The largest absolute Gasteiger partial charge is 0.388 e. The van der Waals surface area contributed by atoms with Crippen molar-refractivity contribution in [3.05, 3.63) is 51.3 Å². The lowest BCUT2D eigenvalue weighted by atomic mass is 9.94. The molecule has 1 aromatic carbocycles. The highest BCUT2D eigenvalue weighted by Crippen LogP contribution is 2.24. The maximum Gasteiger partial charge on any atom is 0.132 e. The summed E-state index contributed by atoms with van der Waals surface area (Å²) in [6.07, 6.45) is 1.30. The molecule has 2 aromatic rings. The van der Waals surface area contributed by atoms with Gasteiger partial charge in [0.1, 0.15) is 5.15 Å². The number of hydrogen-bond acceptors (Lipinski definition) is 4. The topological polar surface area (TPSA) is 59.3 Å². The van der Waals surface area contributed by atoms with E-state index in [1.54, 1.807) is 4.68 Å². The monoisotopic (exact) mass is 383 g/mol. The van der Waals surface area contributed by atoms with Gasteiger partial charge in [-0.15, -0.1) is 0 Å². The minimum atomic E-state index is -0.702. The highest BCUT2D eigenvalue weighted by Gasteiger charge is 2.29. The van der Waals surface area contributed by atoms with Gasteiger partial charge in [0.15, 0.2) is 0 Å². The molecule has 0 amide bonds. The zero-order chi connectivity index (χ0) is 17.9. The molecule has 1 fully saturated rings. The van der Waals surface area contributed by atoms with Crippen molar-refractivity contribution in [2.45, 2.75) is 38.5 Å². The molecule has 136 valence electrons. The molecular formula is C18H23Cl2N3O2. The second kappa shape index (κ2) is 8.06. The van der Waals surface area contributed by atoms with Crippen LogP contribution in [0.25, 0.3) is 0 Å². The van der Waals surface area contributed by atoms with Crippen LogP contribution in [0.5, 0.6) is 0 Å². The van der Waals surface area contributed by atoms with Crippen LogP contribution in [0.1, 0.15) is 29.7 Å². The smallest absolute Gasteiger partial charge is 0.132 e. The van der Waals surface area contributed by atoms with E-state index in [2.05, 4.69) is 10.4 Å². The number of aliphatic hydroxyl groups is 1. The van der Waals surface area contributed by atoms with Gasteiger partial charge in [-0.1, -0.05) is 41.4 Å². The molecule has 0 radical (unpaired) electrons. The number of aromatic nitrogens is 2. The number of halogens is 2. The van der Waals surface area contributed by atoms with Crippen LogP contribution in [0.3, 0.4) is 0 Å². The molecular weight excluding hydrogens is 361 g/mol. The van der Waals surface area contributed by atoms with Crippen LogP contribution in [0.4, 0.5) is 0 Å². The third-order valence-electron chi connectivity index (χ3n) is 4.64. The maximum atomic E-state index is 10.5. The molecule has 7 heteroatoms. The summed E-state index contributed by atoms with van der Waals surface area (Å²) in [5.41, 5.74) is 2.10. The van der Waals surface area contributed by atoms with Crippen molar-refractivity contribution >= 4 is 23.2 Å². The van der Waals surface area contributed by atoms with E-state index in [1.165, 1.54) is 0 Å². The molecule has 0 bridgehead atoms. The van der Waals surface area contributed by atoms with Crippen molar-refractivity contribution in [2.75, 3.05) is 19.8 Å². The summed E-state index contributed by atoms with van der Waals surface area (Å²) in [5.74, 6) is 0. The molecule has 0 unspecified atom stereocenters. The summed E-state index contributed by atoms with van der Waals surface area (Å²) in [5, 5.41) is 19.7. The fourth-order valence-electron chi connectivity index (χ4n) is 3.03. The zero-order valence-corrected chi connectivity index (χ0v) is 15.8. The van der Waals surface area contributed by atoms with Crippen LogP contribution in [0, 0.1) is 6.92 Å². The average Bonchev–Trinajstić information content (AvgIpc) is 2.85. The number of benzene rings is 1. The van der Waals surface area contributed by atoms with E-state index in [-0.39, 0.29) is 0 Å². The van der Waals surface area contributed by atoms with Crippen molar-refractivity contribution in [2.24, 2.45) is 0 Å². The Morgan fingerprint density at radius 3 is 2.72 bits per heavy atom. The summed E-state index contributed by atoms with van der Waals surface area (Å²) in [6.45, 7) is 4.76. The van der Waals surface area contributed by atoms with Gasteiger partial charge in [0.25, 0.3) is 0 Å². The first-order valence-corrected chi connectivity index (χ1v) is 9.20. The molecule has 5 nitrogen and oxygen atoms in total. The summed E-state index contributed by atoms with van der Waals surface area (Å²) >= 11 is 12.7. The van der Waals surface area contributed by atoms with Crippen LogP contribution in [0.15, 0.2) is 24.3 Å². The molecule has 0 aliphatic carbocycles. The highest BCUT2D eigenvalue weighted by molar-refractivity contribution is 6.31. The Bertz CT molecular complexity index is 727. The van der Waals surface area contributed by atoms with E-state index in [4.69, 9.17) is 27.9 Å². The highest BCUT2D eigenvalue weighted by atomic mass is 35.5. The van der Waals surface area contributed by atoms with E-state index in [0.29, 0.717) is 55.9 Å². The Hall–Kier alpha value is -1.11. The van der Waals surface area contributed by atoms with E-state index >= 15 is 0 Å². The van der Waals surface area contributed by atoms with Gasteiger partial charge in [-0.05, 0) is 18.6 Å². The first kappa shape index (κ1) is 18.7. The van der Waals surface area contributed by atoms with E-state index in [0.717, 1.165) is 16.8 Å². The van der Waals surface area contributed by atoms with E-state index in [1.807, 2.05) is 31.2 Å². The number of ether oxygens (including phenoxy) is 1. The van der Waals surface area contributed by atoms with Gasteiger partial charge in [0.05, 0.1) is 17.8 Å². The van der Waals surface area contributed by atoms with Crippen LogP contribution in [-0.2, 0) is 17.8 Å². The maximum absolute atomic E-state index is 10.5. The number of nitrogens with zero attached hydrogens (tertiary/aromatic N) is 2. The molecule has 2 N–H and O–H groups in total. The second-order valence-corrected chi connectivity index (χ2v) is 7.31. The number of aryl methyl sites for hydroxylation is 1. The first-order chi connectivity index (χ1) is 12.0. The molecule has 1 saturated heterocycles. The summed E-state index contributed by atoms with van der Waals surface area (Å²) < 4.78 is 7.07. The molecule has 1 aliphatic rings. The van der Waals surface area contributed by atoms with Gasteiger partial charge in [0, 0.05) is 49.7 Å². The number of hydrogen-bond donors (Lipinski definition) is 2. The Labute approximate surface area is 157 Å². The van der Waals surface area contributed by atoms with Crippen LogP contribution in [0.2, 0.25) is 10.2 Å². The third kappa shape index (κ3) is 4.54. The third-order valence-corrected chi connectivity index (χ3v) is 5.43. The van der Waals surface area contributed by atoms with Gasteiger partial charge >= 0.3 is 0 Å². The van der Waals surface area contributed by atoms with Crippen molar-refractivity contribution in [1.82, 2.24) is 15.1 Å². The standard InChI is InChI=1S/C18H23Cl2N3O2/c1-13-15(10-21-12-18(24)6-8-25-9-7-18)17(20)23(22-13)11-14-4-2-3-5-16(14)19/h2-5,21,24H,6-12H2,1H3. The second-order valence-electron chi connectivity index (χ2n) is 6.54. The Kier molecular flexibility index (Phi) is 6.02. The van der Waals surface area contributed by atoms with Crippen LogP contribution < -0.4 is 5.32 Å². The Morgan fingerprint density at radius 2 is 2.00 bits per heavy atom. The lowest BCUT2D eigenvalue weighted by Gasteiger charge is -2.32. The minimum Gasteiger partial charge on any atom is -0.388 e. The van der Waals surface area contributed by atoms with Crippen LogP contribution in [-0.4, -0.2) is 40.2 Å². The molecule has 0 saturated carbocycles. The number of rotatable bonds is 6. The summed E-state index contributed by atoms with van der Waals surface area (Å²) in [6, 6.07) is 7.67. The zero-order valence-electron chi connectivity index (χ0n) is 14.3. The molecule has 1 aromatic heterocycles. The molecule has 0 atom stereocenters. The average molecular weight is 384 g/mol. The molecule has 2 heterocycles. The van der Waals surface area contributed by atoms with Crippen molar-refractivity contribution in [3.8, 4) is 0 Å². The number of nitrogens with one attached hydrogen (secondary N) is 1. The lowest BCUT2D eigenvalue weighted by molar-refractivity contribution is -0.0617. The Balaban J connectivity index is 1.64. The van der Waals surface area contributed by atoms with Crippen molar-refractivity contribution in [3.63, 3.8) is 0 Å². The molecule has 3 rings (SSSR count). The van der Waals surface area contributed by atoms with Gasteiger partial charge in [-0.3, -0.25) is 0 Å². The predicted molar refractivity (Wildman–Crippen MR) is 99.2 cm³/mol. The van der Waals surface area contributed by atoms with Crippen molar-refractivity contribution < 1.29 is 9.84 Å². The molecule has 25 heavy (non-hydrogen) atoms. The lowest BCUT2D eigenvalue weighted by Crippen LogP contribution is -2.44. The van der Waals surface area contributed by atoms with Gasteiger partial charge < -0.3 is 15.2 Å². The summed E-state index contributed by atoms with van der Waals surface area (Å²) in [4.78, 5) is 0. The quantitative estimate of drug-likeness (QED) is 0.803. The first-order valence-electron chi connectivity index (χ1n) is 8.44. The van der Waals surface area contributed by atoms with Crippen LogP contribution >= 0.6 is 23.2 Å². The minimum absolute atomic E-state index is 0.516. The Morgan fingerprint density at radius 1 is 1.28 bits per heavy atom. The van der Waals surface area contributed by atoms with Gasteiger partial charge in [-0.25, -0.2) is 4.68 Å². The summed E-state index contributed by atoms with van der Waals surface area (Å²) in [7, 11) is 0. The van der Waals surface area contributed by atoms with Crippen molar-refractivity contribution in [1.29, 1.82) is 0 Å². The fourth-order valence-corrected chi connectivity index (χ4v) is 3.53. The molecule has 1 aliphatic heterocycles. The van der Waals surface area contributed by atoms with Gasteiger partial charge in [-0.2, -0.15) is 5.10 Å².